The maximum absolute atomic E-state index is 12.6. The van der Waals surface area contributed by atoms with Crippen molar-refractivity contribution in [1.82, 2.24) is 9.80 Å². The summed E-state index contributed by atoms with van der Waals surface area (Å²) in [5, 5.41) is 87.0. The Kier molecular flexibility index (Phi) is 11.6. The number of carboxylic acids is 2. The number of carbonyl (C=O) groups is 4. The van der Waals surface area contributed by atoms with E-state index in [0.29, 0.717) is 95.5 Å². The molecule has 8 N–H and O–H groups in total. The number of aliphatic hydroxyl groups is 2. The number of aromatic hydroxyl groups is 4. The van der Waals surface area contributed by atoms with Gasteiger partial charge in [0.15, 0.2) is 46.8 Å². The first-order valence-electron chi connectivity index (χ1n) is 26.1. The summed E-state index contributed by atoms with van der Waals surface area (Å²) in [6, 6.07) is 23.8. The third-order valence-corrected chi connectivity index (χ3v) is 18.5. The van der Waals surface area contributed by atoms with Gasteiger partial charge in [-0.1, -0.05) is 72.8 Å². The fourth-order valence-corrected chi connectivity index (χ4v) is 15.3. The minimum atomic E-state index is -1.28. The standard InChI is InChI=1S/C23H16O6.2C19H21NO4/c24-20-16(14-7-3-1-5-12(14)9-18(20)22(26)27)11-17-15-8-4-2-6-13(15)10-19(21(17)25)23(28)29;2*1-2-8-20-9-7-18-15-11-3-4-12(21)16(15)24-17(18)13(22)5-6-19(18,23)14(20)10-11/h1-10,24-25H,11H2,(H,26,27)(H,28,29);2*2-4,14,17,21,23H,1,5-10H2/t;2*14-,17+,18+,19-/m.11/s1. The zero-order valence-electron chi connectivity index (χ0n) is 42.1. The van der Waals surface area contributed by atoms with E-state index in [-0.39, 0.29) is 52.7 Å². The van der Waals surface area contributed by atoms with Crippen molar-refractivity contribution in [1.29, 1.82) is 0 Å². The van der Waals surface area contributed by atoms with Crippen LogP contribution in [0.2, 0.25) is 0 Å². The number of likely N-dealkylation sites (tertiary alicyclic amines) is 2. The lowest BCUT2D eigenvalue weighted by Gasteiger charge is -2.62. The number of phenolic OH excluding ortho intramolecular Hbond substituents is 2. The van der Waals surface area contributed by atoms with Crippen LogP contribution in [0.4, 0.5) is 0 Å². The Morgan fingerprint density at radius 3 is 1.39 bits per heavy atom. The average molecular weight is 1040 g/mol. The molecule has 4 heterocycles. The summed E-state index contributed by atoms with van der Waals surface area (Å²) in [6.45, 7) is 10.7. The molecule has 77 heavy (non-hydrogen) atoms. The molecule has 8 aliphatic rings. The van der Waals surface area contributed by atoms with Gasteiger partial charge in [-0.25, -0.2) is 9.59 Å². The van der Waals surface area contributed by atoms with Gasteiger partial charge in [0.25, 0.3) is 0 Å². The summed E-state index contributed by atoms with van der Waals surface area (Å²) in [7, 11) is 0. The minimum absolute atomic E-state index is 0.0407. The molecular weight excluding hydrogens is 985 g/mol. The van der Waals surface area contributed by atoms with E-state index in [1.807, 2.05) is 24.3 Å². The normalized spacial score (nSPS) is 28.6. The molecule has 4 bridgehead atoms. The predicted octanol–water partition coefficient (Wildman–Crippen LogP) is 6.99. The number of piperidine rings is 2. The van der Waals surface area contributed by atoms with Gasteiger partial charge >= 0.3 is 11.9 Å². The Hall–Kier alpha value is -7.76. The van der Waals surface area contributed by atoms with Gasteiger partial charge in [0, 0.05) is 79.8 Å². The average Bonchev–Trinajstić information content (AvgIpc) is 3.34. The number of hydrogen-bond acceptors (Lipinski definition) is 14. The zero-order valence-corrected chi connectivity index (χ0v) is 42.1. The SMILES string of the molecule is C=CCN1CC[C@]23c4c5ccc(O)c4O[C@H]2C(=O)CC[C@@]3(O)[C@H]1C5.C=CCN1CC[C@]23c4c5ccc(O)c4O[C@H]2C(=O)CC[C@@]3(O)[C@H]1C5.O=C(O)c1cc2ccccc2c(Cc2c(O)c(C(=O)O)cc3ccccc23)c1O. The fraction of sp³-hybridized carbons (Fsp3) is 0.344. The minimum Gasteiger partial charge on any atom is -0.507 e. The summed E-state index contributed by atoms with van der Waals surface area (Å²) in [5.74, 6) is -2.30. The van der Waals surface area contributed by atoms with Crippen molar-refractivity contribution >= 4 is 45.0 Å². The molecule has 14 rings (SSSR count). The molecule has 8 atom stereocenters. The van der Waals surface area contributed by atoms with Gasteiger partial charge in [0.05, 0.1) is 22.0 Å². The smallest absolute Gasteiger partial charge is 0.339 e. The molecule has 2 saturated carbocycles. The molecule has 0 aromatic heterocycles. The molecule has 0 radical (unpaired) electrons. The number of benzene rings is 6. The number of rotatable bonds is 8. The highest BCUT2D eigenvalue weighted by molar-refractivity contribution is 6.02. The van der Waals surface area contributed by atoms with Crippen molar-refractivity contribution in [2.45, 2.75) is 104 Å². The van der Waals surface area contributed by atoms with E-state index < -0.39 is 57.7 Å². The zero-order chi connectivity index (χ0) is 54.1. The van der Waals surface area contributed by atoms with Crippen molar-refractivity contribution in [3.8, 4) is 34.5 Å². The quantitative estimate of drug-likeness (QED) is 0.0715. The van der Waals surface area contributed by atoms with E-state index in [4.69, 9.17) is 9.47 Å². The lowest BCUT2D eigenvalue weighted by Crippen LogP contribution is -2.76. The molecule has 0 amide bonds. The number of phenols is 4. The molecule has 4 aliphatic heterocycles. The summed E-state index contributed by atoms with van der Waals surface area (Å²) in [5.41, 5.74) is 0.624. The van der Waals surface area contributed by atoms with Crippen molar-refractivity contribution in [2.75, 3.05) is 26.2 Å². The molecule has 2 spiro atoms. The number of carbonyl (C=O) groups excluding carboxylic acids is 2. The Labute approximate surface area is 442 Å². The first-order chi connectivity index (χ1) is 36.9. The van der Waals surface area contributed by atoms with Gasteiger partial charge in [-0.3, -0.25) is 19.4 Å². The van der Waals surface area contributed by atoms with E-state index in [1.54, 1.807) is 60.7 Å². The molecular formula is C61H58N2O14. The van der Waals surface area contributed by atoms with Crippen LogP contribution >= 0.6 is 0 Å². The van der Waals surface area contributed by atoms with Gasteiger partial charge in [-0.05, 0) is 95.5 Å². The van der Waals surface area contributed by atoms with Crippen molar-refractivity contribution in [3.63, 3.8) is 0 Å². The van der Waals surface area contributed by atoms with Crippen molar-refractivity contribution in [2.24, 2.45) is 0 Å². The molecule has 4 aliphatic carbocycles. The number of aromatic carboxylic acids is 2. The lowest BCUT2D eigenvalue weighted by atomic mass is 9.49. The molecule has 4 fully saturated rings. The van der Waals surface area contributed by atoms with Crippen LogP contribution in [0, 0.1) is 0 Å². The second kappa shape index (κ2) is 17.9. The third kappa shape index (κ3) is 6.90. The first-order valence-corrected chi connectivity index (χ1v) is 26.1. The van der Waals surface area contributed by atoms with Gasteiger partial charge in [-0.15, -0.1) is 13.2 Å². The van der Waals surface area contributed by atoms with Gasteiger partial charge in [0.2, 0.25) is 0 Å². The van der Waals surface area contributed by atoms with E-state index in [9.17, 15) is 60.0 Å². The molecule has 6 aromatic carbocycles. The molecule has 396 valence electrons. The third-order valence-electron chi connectivity index (χ3n) is 18.5. The van der Waals surface area contributed by atoms with E-state index >= 15 is 0 Å². The van der Waals surface area contributed by atoms with Crippen molar-refractivity contribution in [3.05, 3.63) is 155 Å². The van der Waals surface area contributed by atoms with E-state index in [0.717, 1.165) is 48.4 Å². The highest BCUT2D eigenvalue weighted by Crippen LogP contribution is 2.66. The van der Waals surface area contributed by atoms with Gasteiger partial charge < -0.3 is 50.3 Å². The van der Waals surface area contributed by atoms with Crippen molar-refractivity contribution < 1.29 is 69.5 Å². The van der Waals surface area contributed by atoms with Crippen LogP contribution in [0.15, 0.2) is 110 Å². The second-order valence-corrected chi connectivity index (χ2v) is 21.9. The monoisotopic (exact) mass is 1040 g/mol. The molecule has 2 saturated heterocycles. The van der Waals surface area contributed by atoms with Crippen LogP contribution in [0.1, 0.15) is 92.6 Å². The Balaban J connectivity index is 0.000000117. The summed E-state index contributed by atoms with van der Waals surface area (Å²) in [6.07, 6.45) is 6.65. The van der Waals surface area contributed by atoms with Crippen LogP contribution in [0.3, 0.4) is 0 Å². The van der Waals surface area contributed by atoms with Gasteiger partial charge in [-0.2, -0.15) is 0 Å². The fourth-order valence-electron chi connectivity index (χ4n) is 15.3. The second-order valence-electron chi connectivity index (χ2n) is 21.9. The summed E-state index contributed by atoms with van der Waals surface area (Å²) >= 11 is 0. The maximum Gasteiger partial charge on any atom is 0.339 e. The number of carboxylic acid groups (broad SMARTS) is 2. The lowest BCUT2D eigenvalue weighted by molar-refractivity contribution is -0.187. The molecule has 16 nitrogen and oxygen atoms in total. The largest absolute Gasteiger partial charge is 0.507 e. The Morgan fingerprint density at radius 1 is 0.597 bits per heavy atom. The first kappa shape index (κ1) is 50.1. The number of nitrogens with zero attached hydrogens (tertiary/aromatic N) is 2. The Morgan fingerprint density at radius 2 is 1.00 bits per heavy atom. The van der Waals surface area contributed by atoms with Crippen LogP contribution in [-0.4, -0.2) is 136 Å². The molecule has 16 heteroatoms. The Bertz CT molecular complexity index is 3340. The van der Waals surface area contributed by atoms with Crippen LogP contribution in [0.25, 0.3) is 21.5 Å². The topological polar surface area (TPSA) is 255 Å². The van der Waals surface area contributed by atoms with E-state index in [1.165, 1.54) is 12.1 Å². The summed E-state index contributed by atoms with van der Waals surface area (Å²) in [4.78, 5) is 53.0. The highest BCUT2D eigenvalue weighted by Gasteiger charge is 2.74. The number of ether oxygens (including phenoxy) is 2. The van der Waals surface area contributed by atoms with Crippen LogP contribution in [-0.2, 0) is 39.7 Å². The molecule has 0 unspecified atom stereocenters. The molecule has 6 aromatic rings. The summed E-state index contributed by atoms with van der Waals surface area (Å²) < 4.78 is 12.0. The number of hydrogen-bond donors (Lipinski definition) is 8. The van der Waals surface area contributed by atoms with Crippen LogP contribution in [0.5, 0.6) is 34.5 Å². The number of Topliss-reactive ketones (excluding diaryl/α,β-unsaturated/α-hetero) is 2. The van der Waals surface area contributed by atoms with E-state index in [2.05, 4.69) is 23.0 Å². The maximum atomic E-state index is 12.6. The predicted molar refractivity (Wildman–Crippen MR) is 282 cm³/mol. The highest BCUT2D eigenvalue weighted by atomic mass is 16.5. The number of fused-ring (bicyclic) bond motifs is 2. The van der Waals surface area contributed by atoms with Crippen LogP contribution < -0.4 is 9.47 Å². The number of ketones is 2. The van der Waals surface area contributed by atoms with Gasteiger partial charge in [0.1, 0.15) is 22.6 Å².